The molecule has 0 spiro atoms. The molecule has 0 aromatic carbocycles. The van der Waals surface area contributed by atoms with Crippen LogP contribution in [0.5, 0.6) is 0 Å². The Bertz CT molecular complexity index is 547. The van der Waals surface area contributed by atoms with Gasteiger partial charge in [0, 0.05) is 11.8 Å². The van der Waals surface area contributed by atoms with Gasteiger partial charge in [0.2, 0.25) is 0 Å². The second kappa shape index (κ2) is 5.63. The zero-order chi connectivity index (χ0) is 13.1. The number of aryl methyl sites for hydroxylation is 1. The molecule has 0 atom stereocenters. The average molecular weight is 282 g/mol. The summed E-state index contributed by atoms with van der Waals surface area (Å²) in [6, 6.07) is 3.82. The highest BCUT2D eigenvalue weighted by Crippen LogP contribution is 2.26. The van der Waals surface area contributed by atoms with Crippen LogP contribution in [0.1, 0.15) is 24.5 Å². The molecule has 0 bridgehead atoms. The molecule has 0 aliphatic rings. The van der Waals surface area contributed by atoms with Gasteiger partial charge < -0.3 is 0 Å². The van der Waals surface area contributed by atoms with E-state index in [9.17, 15) is 0 Å². The van der Waals surface area contributed by atoms with Crippen molar-refractivity contribution < 1.29 is 0 Å². The molecule has 18 heavy (non-hydrogen) atoms. The normalized spacial score (nSPS) is 10.7. The van der Waals surface area contributed by atoms with E-state index in [1.165, 1.54) is 0 Å². The van der Waals surface area contributed by atoms with Crippen LogP contribution in [0.3, 0.4) is 0 Å². The lowest BCUT2D eigenvalue weighted by Crippen LogP contribution is -1.98. The molecule has 0 unspecified atom stereocenters. The first-order valence-corrected chi connectivity index (χ1v) is 6.52. The summed E-state index contributed by atoms with van der Waals surface area (Å²) in [4.78, 5) is 12.8. The van der Waals surface area contributed by atoms with Crippen LogP contribution in [0.25, 0.3) is 11.5 Å². The third-order valence-electron chi connectivity index (χ3n) is 2.55. The summed E-state index contributed by atoms with van der Waals surface area (Å²) in [5.74, 6) is 0.466. The van der Waals surface area contributed by atoms with Gasteiger partial charge in [-0.05, 0) is 31.0 Å². The highest BCUT2D eigenvalue weighted by atomic mass is 35.5. The third kappa shape index (κ3) is 2.79. The molecule has 0 aliphatic heterocycles. The summed E-state index contributed by atoms with van der Waals surface area (Å²) in [5, 5.41) is 0.824. The van der Waals surface area contributed by atoms with Gasteiger partial charge in [-0.3, -0.25) is 4.98 Å². The van der Waals surface area contributed by atoms with Gasteiger partial charge in [0.15, 0.2) is 5.82 Å². The minimum atomic E-state index is 0.412. The molecular weight excluding hydrogens is 269 g/mol. The minimum Gasteiger partial charge on any atom is -0.253 e. The maximum atomic E-state index is 6.14. The molecule has 0 aliphatic carbocycles. The number of pyridine rings is 1. The second-order valence-corrected chi connectivity index (χ2v) is 4.79. The van der Waals surface area contributed by atoms with Gasteiger partial charge in [-0.2, -0.15) is 0 Å². The summed E-state index contributed by atoms with van der Waals surface area (Å²) in [6.07, 6.45) is 3.44. The van der Waals surface area contributed by atoms with E-state index in [-0.39, 0.29) is 0 Å². The van der Waals surface area contributed by atoms with Crippen LogP contribution in [-0.4, -0.2) is 15.0 Å². The first-order valence-electron chi connectivity index (χ1n) is 5.76. The molecule has 0 fully saturated rings. The van der Waals surface area contributed by atoms with E-state index >= 15 is 0 Å². The molecule has 3 nitrogen and oxygen atoms in total. The fourth-order valence-corrected chi connectivity index (χ4v) is 2.24. The Balaban J connectivity index is 2.48. The number of rotatable bonds is 3. The van der Waals surface area contributed by atoms with Crippen LogP contribution in [0.15, 0.2) is 18.3 Å². The highest BCUT2D eigenvalue weighted by Gasteiger charge is 2.12. The zero-order valence-electron chi connectivity index (χ0n) is 10.2. The first kappa shape index (κ1) is 13.2. The number of hydrogen-bond donors (Lipinski definition) is 0. The van der Waals surface area contributed by atoms with Crippen LogP contribution >= 0.6 is 23.2 Å². The predicted molar refractivity (Wildman–Crippen MR) is 74.0 cm³/mol. The van der Waals surface area contributed by atoms with Crippen molar-refractivity contribution in [3.8, 4) is 11.5 Å². The fraction of sp³-hybridized carbons (Fsp3) is 0.308. The van der Waals surface area contributed by atoms with E-state index in [0.29, 0.717) is 21.8 Å². The molecule has 2 rings (SSSR count). The standard InChI is InChI=1S/C13H13Cl2N3/c1-3-4-9-11(14)17-13(18-12(9)15)10-7-8(2)5-6-16-10/h5-7H,3-4H2,1-2H3. The van der Waals surface area contributed by atoms with Crippen LogP contribution in [0.2, 0.25) is 10.3 Å². The van der Waals surface area contributed by atoms with E-state index in [2.05, 4.69) is 21.9 Å². The molecular formula is C13H13Cl2N3. The summed E-state index contributed by atoms with van der Waals surface area (Å²) in [6.45, 7) is 4.04. The van der Waals surface area contributed by atoms with Crippen LogP contribution in [0, 0.1) is 6.92 Å². The fourth-order valence-electron chi connectivity index (χ4n) is 1.66. The van der Waals surface area contributed by atoms with E-state index in [1.54, 1.807) is 6.20 Å². The summed E-state index contributed by atoms with van der Waals surface area (Å²) in [5.41, 5.74) is 2.58. The van der Waals surface area contributed by atoms with Gasteiger partial charge >= 0.3 is 0 Å². The van der Waals surface area contributed by atoms with Crippen LogP contribution < -0.4 is 0 Å². The summed E-state index contributed by atoms with van der Waals surface area (Å²) < 4.78 is 0. The van der Waals surface area contributed by atoms with Crippen molar-refractivity contribution in [2.24, 2.45) is 0 Å². The molecule has 2 aromatic heterocycles. The van der Waals surface area contributed by atoms with E-state index in [1.807, 2.05) is 19.1 Å². The molecule has 94 valence electrons. The van der Waals surface area contributed by atoms with Gasteiger partial charge in [-0.15, -0.1) is 0 Å². The number of halogens is 2. The highest BCUT2D eigenvalue weighted by molar-refractivity contribution is 6.34. The molecule has 0 saturated heterocycles. The molecule has 0 radical (unpaired) electrons. The molecule has 0 amide bonds. The summed E-state index contributed by atoms with van der Waals surface area (Å²) in [7, 11) is 0. The Kier molecular flexibility index (Phi) is 4.15. The maximum absolute atomic E-state index is 6.14. The lowest BCUT2D eigenvalue weighted by atomic mass is 10.2. The Labute approximate surface area is 116 Å². The zero-order valence-corrected chi connectivity index (χ0v) is 11.8. The Hall–Kier alpha value is -1.19. The van der Waals surface area contributed by atoms with Crippen molar-refractivity contribution in [3.63, 3.8) is 0 Å². The lowest BCUT2D eigenvalue weighted by molar-refractivity contribution is 0.902. The van der Waals surface area contributed by atoms with Crippen molar-refractivity contribution in [2.45, 2.75) is 26.7 Å². The number of nitrogens with zero attached hydrogens (tertiary/aromatic N) is 3. The third-order valence-corrected chi connectivity index (χ3v) is 3.18. The number of aromatic nitrogens is 3. The first-order chi connectivity index (χ1) is 8.61. The molecule has 0 N–H and O–H groups in total. The Morgan fingerprint density at radius 2 is 1.83 bits per heavy atom. The number of hydrogen-bond acceptors (Lipinski definition) is 3. The molecule has 0 saturated carbocycles. The van der Waals surface area contributed by atoms with E-state index < -0.39 is 0 Å². The van der Waals surface area contributed by atoms with Gasteiger partial charge in [0.05, 0.1) is 0 Å². The van der Waals surface area contributed by atoms with Crippen LogP contribution in [-0.2, 0) is 6.42 Å². The van der Waals surface area contributed by atoms with E-state index in [0.717, 1.165) is 24.0 Å². The summed E-state index contributed by atoms with van der Waals surface area (Å²) >= 11 is 12.3. The van der Waals surface area contributed by atoms with Gasteiger partial charge in [-0.25, -0.2) is 9.97 Å². The largest absolute Gasteiger partial charge is 0.253 e. The topological polar surface area (TPSA) is 38.7 Å². The van der Waals surface area contributed by atoms with Crippen molar-refractivity contribution in [1.29, 1.82) is 0 Å². The molecule has 2 aromatic rings. The molecule has 5 heteroatoms. The van der Waals surface area contributed by atoms with Gasteiger partial charge in [-0.1, -0.05) is 36.5 Å². The lowest BCUT2D eigenvalue weighted by Gasteiger charge is -2.07. The van der Waals surface area contributed by atoms with E-state index in [4.69, 9.17) is 23.2 Å². The van der Waals surface area contributed by atoms with Gasteiger partial charge in [0.25, 0.3) is 0 Å². The van der Waals surface area contributed by atoms with Crippen molar-refractivity contribution in [3.05, 3.63) is 39.8 Å². The van der Waals surface area contributed by atoms with Crippen molar-refractivity contribution in [1.82, 2.24) is 15.0 Å². The van der Waals surface area contributed by atoms with Crippen molar-refractivity contribution >= 4 is 23.2 Å². The minimum absolute atomic E-state index is 0.412. The van der Waals surface area contributed by atoms with Crippen LogP contribution in [0.4, 0.5) is 0 Å². The average Bonchev–Trinajstić information content (AvgIpc) is 2.33. The van der Waals surface area contributed by atoms with Crippen molar-refractivity contribution in [2.75, 3.05) is 0 Å². The quantitative estimate of drug-likeness (QED) is 0.795. The monoisotopic (exact) mass is 281 g/mol. The Morgan fingerprint density at radius 3 is 2.39 bits per heavy atom. The Morgan fingerprint density at radius 1 is 1.17 bits per heavy atom. The second-order valence-electron chi connectivity index (χ2n) is 4.08. The van der Waals surface area contributed by atoms with Gasteiger partial charge in [0.1, 0.15) is 16.0 Å². The SMILES string of the molecule is CCCc1c(Cl)nc(-c2cc(C)ccn2)nc1Cl. The maximum Gasteiger partial charge on any atom is 0.181 e. The smallest absolute Gasteiger partial charge is 0.181 e. The molecule has 2 heterocycles. The predicted octanol–water partition coefficient (Wildman–Crippen LogP) is 4.11.